The Labute approximate surface area is 149 Å². The second-order valence-corrected chi connectivity index (χ2v) is 5.95. The molecule has 0 aliphatic rings. The third kappa shape index (κ3) is 3.17. The first kappa shape index (κ1) is 16.0. The van der Waals surface area contributed by atoms with Gasteiger partial charge in [-0.1, -0.05) is 30.3 Å². The first-order valence-electron chi connectivity index (χ1n) is 8.30. The van der Waals surface area contributed by atoms with Crippen LogP contribution in [-0.2, 0) is 11.3 Å². The van der Waals surface area contributed by atoms with Crippen molar-refractivity contribution >= 4 is 33.5 Å². The molecule has 0 saturated heterocycles. The number of anilines is 1. The molecule has 6 nitrogen and oxygen atoms in total. The molecule has 1 amide bonds. The number of carbonyl (C=O) groups excluding carboxylic acids is 1. The molecule has 0 radical (unpaired) electrons. The maximum Gasteiger partial charge on any atom is 0.261 e. The number of carbonyl (C=O) groups is 1. The molecule has 0 bridgehead atoms. The fourth-order valence-corrected chi connectivity index (χ4v) is 2.83. The highest BCUT2D eigenvalue weighted by Crippen LogP contribution is 2.14. The average molecular weight is 344 g/mol. The molecule has 0 saturated carbocycles. The van der Waals surface area contributed by atoms with Gasteiger partial charge in [-0.3, -0.25) is 14.2 Å². The maximum atomic E-state index is 12.4. The van der Waals surface area contributed by atoms with Crippen LogP contribution in [0.3, 0.4) is 0 Å². The second-order valence-electron chi connectivity index (χ2n) is 5.95. The highest BCUT2D eigenvalue weighted by atomic mass is 16.2. The van der Waals surface area contributed by atoms with Gasteiger partial charge in [0, 0.05) is 18.4 Å². The molecule has 0 fully saturated rings. The number of fused-ring (bicyclic) bond motifs is 2. The van der Waals surface area contributed by atoms with E-state index < -0.39 is 0 Å². The lowest BCUT2D eigenvalue weighted by Crippen LogP contribution is -2.23. The Bertz CT molecular complexity index is 1170. The van der Waals surface area contributed by atoms with Gasteiger partial charge in [0.1, 0.15) is 5.82 Å². The van der Waals surface area contributed by atoms with E-state index in [1.165, 1.54) is 10.9 Å². The molecule has 128 valence electrons. The van der Waals surface area contributed by atoms with E-state index in [0.717, 1.165) is 10.9 Å². The van der Waals surface area contributed by atoms with Gasteiger partial charge in [0.25, 0.3) is 5.56 Å². The van der Waals surface area contributed by atoms with Crippen LogP contribution in [0.1, 0.15) is 6.42 Å². The number of amides is 1. The lowest BCUT2D eigenvalue weighted by Gasteiger charge is -2.08. The molecule has 1 N–H and O–H groups in total. The first-order valence-corrected chi connectivity index (χ1v) is 8.30. The van der Waals surface area contributed by atoms with Crippen LogP contribution in [0.5, 0.6) is 0 Å². The van der Waals surface area contributed by atoms with Crippen molar-refractivity contribution in [2.75, 3.05) is 5.32 Å². The number of rotatable bonds is 4. The van der Waals surface area contributed by atoms with E-state index in [4.69, 9.17) is 0 Å². The molecule has 0 aliphatic carbocycles. The molecule has 2 aromatic heterocycles. The number of nitrogens with zero attached hydrogens (tertiary/aromatic N) is 3. The zero-order valence-corrected chi connectivity index (χ0v) is 13.9. The molecule has 4 rings (SSSR count). The normalized spacial score (nSPS) is 10.9. The summed E-state index contributed by atoms with van der Waals surface area (Å²) in [7, 11) is 0. The van der Waals surface area contributed by atoms with Crippen LogP contribution < -0.4 is 10.9 Å². The van der Waals surface area contributed by atoms with Crippen molar-refractivity contribution in [2.24, 2.45) is 0 Å². The zero-order valence-electron chi connectivity index (χ0n) is 13.9. The molecule has 0 spiro atoms. The van der Waals surface area contributed by atoms with E-state index in [-0.39, 0.29) is 24.4 Å². The van der Waals surface area contributed by atoms with E-state index >= 15 is 0 Å². The van der Waals surface area contributed by atoms with Gasteiger partial charge < -0.3 is 5.32 Å². The molecule has 4 aromatic rings. The lowest BCUT2D eigenvalue weighted by atomic mass is 10.2. The summed E-state index contributed by atoms with van der Waals surface area (Å²) in [6.45, 7) is 0.260. The highest BCUT2D eigenvalue weighted by Gasteiger charge is 2.07. The number of hydrogen-bond donors (Lipinski definition) is 1. The molecule has 0 atom stereocenters. The summed E-state index contributed by atoms with van der Waals surface area (Å²) in [6.07, 6.45) is 1.64. The van der Waals surface area contributed by atoms with Crippen molar-refractivity contribution < 1.29 is 4.79 Å². The van der Waals surface area contributed by atoms with Gasteiger partial charge in [-0.05, 0) is 30.3 Å². The minimum Gasteiger partial charge on any atom is -0.311 e. The van der Waals surface area contributed by atoms with Gasteiger partial charge in [0.05, 0.1) is 22.7 Å². The van der Waals surface area contributed by atoms with Crippen LogP contribution in [0.4, 0.5) is 5.82 Å². The van der Waals surface area contributed by atoms with Gasteiger partial charge >= 0.3 is 0 Å². The van der Waals surface area contributed by atoms with Crippen LogP contribution in [0.25, 0.3) is 21.8 Å². The number of aryl methyl sites for hydroxylation is 1. The predicted octanol–water partition coefficient (Wildman–Crippen LogP) is 2.97. The zero-order chi connectivity index (χ0) is 17.9. The molecular formula is C20H16N4O2. The van der Waals surface area contributed by atoms with Crippen molar-refractivity contribution in [1.82, 2.24) is 14.5 Å². The SMILES string of the molecule is O=C(CCn1cnc2ccccc2c1=O)Nc1ccc2ccccc2n1. The van der Waals surface area contributed by atoms with Gasteiger partial charge in [0.15, 0.2) is 0 Å². The summed E-state index contributed by atoms with van der Waals surface area (Å²) in [5.74, 6) is 0.297. The van der Waals surface area contributed by atoms with Crippen molar-refractivity contribution in [3.05, 3.63) is 77.3 Å². The molecule has 0 aliphatic heterocycles. The van der Waals surface area contributed by atoms with Gasteiger partial charge in [-0.15, -0.1) is 0 Å². The Balaban J connectivity index is 1.46. The topological polar surface area (TPSA) is 76.9 Å². The van der Waals surface area contributed by atoms with Crippen LogP contribution >= 0.6 is 0 Å². The third-order valence-electron chi connectivity index (χ3n) is 4.18. The number of nitrogens with one attached hydrogen (secondary N) is 1. The van der Waals surface area contributed by atoms with Crippen LogP contribution in [-0.4, -0.2) is 20.4 Å². The Hall–Kier alpha value is -3.54. The third-order valence-corrected chi connectivity index (χ3v) is 4.18. The minimum atomic E-state index is -0.201. The Morgan fingerprint density at radius 2 is 1.73 bits per heavy atom. The number of pyridine rings is 1. The van der Waals surface area contributed by atoms with E-state index in [0.29, 0.717) is 16.7 Å². The monoisotopic (exact) mass is 344 g/mol. The molecule has 0 unspecified atom stereocenters. The average Bonchev–Trinajstić information content (AvgIpc) is 2.67. The van der Waals surface area contributed by atoms with Gasteiger partial charge in [-0.2, -0.15) is 0 Å². The summed E-state index contributed by atoms with van der Waals surface area (Å²) < 4.78 is 1.45. The van der Waals surface area contributed by atoms with Gasteiger partial charge in [0.2, 0.25) is 5.91 Å². The fourth-order valence-electron chi connectivity index (χ4n) is 2.83. The van der Waals surface area contributed by atoms with E-state index in [1.54, 1.807) is 24.3 Å². The summed E-state index contributed by atoms with van der Waals surface area (Å²) in [4.78, 5) is 33.3. The van der Waals surface area contributed by atoms with Crippen molar-refractivity contribution in [1.29, 1.82) is 0 Å². The quantitative estimate of drug-likeness (QED) is 0.617. The highest BCUT2D eigenvalue weighted by molar-refractivity contribution is 5.91. The summed E-state index contributed by atoms with van der Waals surface area (Å²) >= 11 is 0. The molecule has 6 heteroatoms. The first-order chi connectivity index (χ1) is 12.7. The Morgan fingerprint density at radius 3 is 2.62 bits per heavy atom. The van der Waals surface area contributed by atoms with Crippen molar-refractivity contribution in [2.45, 2.75) is 13.0 Å². The summed E-state index contributed by atoms with van der Waals surface area (Å²) in [5, 5.41) is 4.34. The van der Waals surface area contributed by atoms with E-state index in [2.05, 4.69) is 15.3 Å². The van der Waals surface area contributed by atoms with E-state index in [1.807, 2.05) is 36.4 Å². The van der Waals surface area contributed by atoms with Crippen LogP contribution in [0.15, 0.2) is 71.8 Å². The van der Waals surface area contributed by atoms with Crippen LogP contribution in [0.2, 0.25) is 0 Å². The standard InChI is InChI=1S/C20H16N4O2/c25-19(23-18-10-9-14-5-1-3-7-16(14)22-18)11-12-24-13-21-17-8-4-2-6-15(17)20(24)26/h1-10,13H,11-12H2,(H,22,23,25). The summed E-state index contributed by atoms with van der Waals surface area (Å²) in [6, 6.07) is 18.5. The number of aromatic nitrogens is 3. The Morgan fingerprint density at radius 1 is 0.962 bits per heavy atom. The minimum absolute atomic E-state index is 0.146. The largest absolute Gasteiger partial charge is 0.311 e. The molecular weight excluding hydrogens is 328 g/mol. The number of hydrogen-bond acceptors (Lipinski definition) is 4. The van der Waals surface area contributed by atoms with Crippen molar-refractivity contribution in [3.8, 4) is 0 Å². The smallest absolute Gasteiger partial charge is 0.261 e. The predicted molar refractivity (Wildman–Crippen MR) is 101 cm³/mol. The van der Waals surface area contributed by atoms with Crippen molar-refractivity contribution in [3.63, 3.8) is 0 Å². The lowest BCUT2D eigenvalue weighted by molar-refractivity contribution is -0.116. The Kier molecular flexibility index (Phi) is 4.15. The second kappa shape index (κ2) is 6.76. The van der Waals surface area contributed by atoms with Gasteiger partial charge in [-0.25, -0.2) is 9.97 Å². The van der Waals surface area contributed by atoms with E-state index in [9.17, 15) is 9.59 Å². The molecule has 26 heavy (non-hydrogen) atoms. The van der Waals surface area contributed by atoms with Crippen LogP contribution in [0, 0.1) is 0 Å². The number of para-hydroxylation sites is 2. The maximum absolute atomic E-state index is 12.4. The fraction of sp³-hybridized carbons (Fsp3) is 0.100. The number of benzene rings is 2. The summed E-state index contributed by atoms with van der Waals surface area (Å²) in [5.41, 5.74) is 1.33. The molecule has 2 heterocycles. The molecule has 2 aromatic carbocycles.